The lowest BCUT2D eigenvalue weighted by atomic mass is 9.97. The molecule has 1 saturated heterocycles. The number of hydrogen-bond donors (Lipinski definition) is 2. The molecule has 1 aliphatic heterocycles. The molecule has 1 unspecified atom stereocenters. The quantitative estimate of drug-likeness (QED) is 0.910. The van der Waals surface area contributed by atoms with Crippen LogP contribution < -0.4 is 5.32 Å². The second-order valence-corrected chi connectivity index (χ2v) is 5.65. The van der Waals surface area contributed by atoms with E-state index in [1.807, 2.05) is 18.2 Å². The Kier molecular flexibility index (Phi) is 4.45. The lowest BCUT2D eigenvalue weighted by Crippen LogP contribution is -2.44. The van der Waals surface area contributed by atoms with Crippen LogP contribution in [0.15, 0.2) is 24.4 Å². The van der Waals surface area contributed by atoms with Gasteiger partial charge in [-0.3, -0.25) is 9.89 Å². The number of anilines is 1. The Morgan fingerprint density at radius 1 is 1.48 bits per heavy atom. The number of carbonyl (C=O) groups is 2. The lowest BCUT2D eigenvalue weighted by Gasteiger charge is -2.31. The van der Waals surface area contributed by atoms with E-state index in [-0.39, 0.29) is 17.9 Å². The van der Waals surface area contributed by atoms with Crippen LogP contribution in [0.25, 0.3) is 10.9 Å². The van der Waals surface area contributed by atoms with Crippen molar-refractivity contribution in [2.24, 2.45) is 5.92 Å². The maximum Gasteiger partial charge on any atom is 0.409 e. The van der Waals surface area contributed by atoms with E-state index in [1.54, 1.807) is 18.0 Å². The first-order valence-corrected chi connectivity index (χ1v) is 7.83. The number of benzene rings is 1. The first-order chi connectivity index (χ1) is 11.2. The summed E-state index contributed by atoms with van der Waals surface area (Å²) < 4.78 is 5.01. The van der Waals surface area contributed by atoms with E-state index in [2.05, 4.69) is 15.5 Å². The number of ether oxygens (including phenoxy) is 1. The third kappa shape index (κ3) is 3.44. The number of hydrogen-bond acceptors (Lipinski definition) is 4. The van der Waals surface area contributed by atoms with Crippen LogP contribution in [0.5, 0.6) is 0 Å². The van der Waals surface area contributed by atoms with Crippen molar-refractivity contribution in [3.8, 4) is 0 Å². The topological polar surface area (TPSA) is 87.3 Å². The molecule has 3 rings (SSSR count). The molecular weight excluding hydrogens is 296 g/mol. The molecule has 122 valence electrons. The zero-order chi connectivity index (χ0) is 16.2. The third-order valence-corrected chi connectivity index (χ3v) is 4.03. The summed E-state index contributed by atoms with van der Waals surface area (Å²) in [6, 6.07) is 5.59. The fourth-order valence-electron chi connectivity index (χ4n) is 2.84. The number of nitrogens with one attached hydrogen (secondary N) is 2. The molecule has 0 saturated carbocycles. The molecule has 0 bridgehead atoms. The van der Waals surface area contributed by atoms with Crippen molar-refractivity contribution >= 4 is 28.6 Å². The standard InChI is InChI=1S/C16H20N4O3/c1-2-23-16(22)20-7-3-4-11(10-20)15(21)18-13-5-6-14-12(8-13)9-17-19-14/h5-6,8-9,11H,2-4,7,10H2,1H3,(H,17,19)(H,18,21). The molecule has 0 aliphatic carbocycles. The summed E-state index contributed by atoms with van der Waals surface area (Å²) in [5.41, 5.74) is 1.66. The highest BCUT2D eigenvalue weighted by Crippen LogP contribution is 2.21. The van der Waals surface area contributed by atoms with E-state index in [0.717, 1.165) is 29.4 Å². The number of piperidine rings is 1. The average Bonchev–Trinajstić information content (AvgIpc) is 3.03. The lowest BCUT2D eigenvalue weighted by molar-refractivity contribution is -0.121. The van der Waals surface area contributed by atoms with Crippen molar-refractivity contribution in [1.82, 2.24) is 15.1 Å². The Hall–Kier alpha value is -2.57. The minimum Gasteiger partial charge on any atom is -0.450 e. The molecule has 2 heterocycles. The Balaban J connectivity index is 1.63. The molecule has 23 heavy (non-hydrogen) atoms. The van der Waals surface area contributed by atoms with Gasteiger partial charge in [0.25, 0.3) is 0 Å². The predicted octanol–water partition coefficient (Wildman–Crippen LogP) is 2.37. The van der Waals surface area contributed by atoms with E-state index in [0.29, 0.717) is 19.7 Å². The van der Waals surface area contributed by atoms with Crippen molar-refractivity contribution in [2.45, 2.75) is 19.8 Å². The van der Waals surface area contributed by atoms with Crippen LogP contribution in [0.3, 0.4) is 0 Å². The highest BCUT2D eigenvalue weighted by molar-refractivity contribution is 5.95. The fourth-order valence-corrected chi connectivity index (χ4v) is 2.84. The minimum atomic E-state index is -0.343. The van der Waals surface area contributed by atoms with Gasteiger partial charge in [0.15, 0.2) is 0 Å². The summed E-state index contributed by atoms with van der Waals surface area (Å²) in [5, 5.41) is 10.7. The Bertz CT molecular complexity index is 712. The van der Waals surface area contributed by atoms with E-state index in [4.69, 9.17) is 4.74 Å². The van der Waals surface area contributed by atoms with Gasteiger partial charge in [-0.15, -0.1) is 0 Å². The van der Waals surface area contributed by atoms with Gasteiger partial charge in [-0.25, -0.2) is 4.79 Å². The van der Waals surface area contributed by atoms with Crippen LogP contribution >= 0.6 is 0 Å². The van der Waals surface area contributed by atoms with Gasteiger partial charge in [-0.1, -0.05) is 0 Å². The molecule has 0 spiro atoms. The van der Waals surface area contributed by atoms with Gasteiger partial charge in [0.1, 0.15) is 0 Å². The SMILES string of the molecule is CCOC(=O)N1CCCC(C(=O)Nc2ccc3[nH]ncc3c2)C1. The number of likely N-dealkylation sites (tertiary alicyclic amines) is 1. The summed E-state index contributed by atoms with van der Waals surface area (Å²) in [6.07, 6.45) is 2.95. The van der Waals surface area contributed by atoms with Crippen molar-refractivity contribution in [3.63, 3.8) is 0 Å². The second-order valence-electron chi connectivity index (χ2n) is 5.65. The number of aromatic nitrogens is 2. The highest BCUT2D eigenvalue weighted by atomic mass is 16.6. The van der Waals surface area contributed by atoms with Crippen LogP contribution in [0.1, 0.15) is 19.8 Å². The van der Waals surface area contributed by atoms with Crippen molar-refractivity contribution in [2.75, 3.05) is 25.0 Å². The minimum absolute atomic E-state index is 0.0677. The van der Waals surface area contributed by atoms with Gasteiger partial charge in [0, 0.05) is 24.2 Å². The molecule has 1 aliphatic rings. The van der Waals surface area contributed by atoms with E-state index in [9.17, 15) is 9.59 Å². The van der Waals surface area contributed by atoms with E-state index < -0.39 is 0 Å². The normalized spacial score (nSPS) is 18.0. The first-order valence-electron chi connectivity index (χ1n) is 7.83. The Morgan fingerprint density at radius 2 is 2.35 bits per heavy atom. The Labute approximate surface area is 134 Å². The van der Waals surface area contributed by atoms with Crippen LogP contribution in [-0.2, 0) is 9.53 Å². The number of amides is 2. The summed E-state index contributed by atoms with van der Waals surface area (Å²) in [7, 11) is 0. The van der Waals surface area contributed by atoms with Gasteiger partial charge in [0.05, 0.1) is 24.2 Å². The molecule has 7 nitrogen and oxygen atoms in total. The van der Waals surface area contributed by atoms with Crippen LogP contribution in [0.2, 0.25) is 0 Å². The van der Waals surface area contributed by atoms with Crippen molar-refractivity contribution < 1.29 is 14.3 Å². The number of H-pyrrole nitrogens is 1. The summed E-state index contributed by atoms with van der Waals surface area (Å²) in [5.74, 6) is -0.282. The maximum atomic E-state index is 12.5. The van der Waals surface area contributed by atoms with Crippen LogP contribution in [-0.4, -0.2) is 46.8 Å². The molecule has 1 fully saturated rings. The maximum absolute atomic E-state index is 12.5. The molecule has 1 aromatic carbocycles. The third-order valence-electron chi connectivity index (χ3n) is 4.03. The highest BCUT2D eigenvalue weighted by Gasteiger charge is 2.29. The summed E-state index contributed by atoms with van der Waals surface area (Å²) >= 11 is 0. The van der Waals surface area contributed by atoms with Gasteiger partial charge in [0.2, 0.25) is 5.91 Å². The van der Waals surface area contributed by atoms with Gasteiger partial charge >= 0.3 is 6.09 Å². The Morgan fingerprint density at radius 3 is 3.17 bits per heavy atom. The zero-order valence-electron chi connectivity index (χ0n) is 13.0. The predicted molar refractivity (Wildman–Crippen MR) is 86.0 cm³/mol. The fraction of sp³-hybridized carbons (Fsp3) is 0.438. The largest absolute Gasteiger partial charge is 0.450 e. The molecular formula is C16H20N4O3. The molecule has 1 atom stereocenters. The number of aromatic amines is 1. The van der Waals surface area contributed by atoms with E-state index in [1.165, 1.54) is 0 Å². The molecule has 2 aromatic rings. The summed E-state index contributed by atoms with van der Waals surface area (Å²) in [4.78, 5) is 25.9. The summed E-state index contributed by atoms with van der Waals surface area (Å²) in [6.45, 7) is 3.16. The number of nitrogens with zero attached hydrogens (tertiary/aromatic N) is 2. The van der Waals surface area contributed by atoms with Crippen molar-refractivity contribution in [3.05, 3.63) is 24.4 Å². The number of carbonyl (C=O) groups excluding carboxylic acids is 2. The smallest absolute Gasteiger partial charge is 0.409 e. The van der Waals surface area contributed by atoms with Crippen LogP contribution in [0.4, 0.5) is 10.5 Å². The molecule has 7 heteroatoms. The number of rotatable bonds is 3. The van der Waals surface area contributed by atoms with Gasteiger partial charge in [-0.2, -0.15) is 5.10 Å². The second kappa shape index (κ2) is 6.68. The van der Waals surface area contributed by atoms with Crippen LogP contribution in [0, 0.1) is 5.92 Å². The number of fused-ring (bicyclic) bond motifs is 1. The first kappa shape index (κ1) is 15.3. The average molecular weight is 316 g/mol. The molecule has 1 aromatic heterocycles. The molecule has 0 radical (unpaired) electrons. The van der Waals surface area contributed by atoms with Gasteiger partial charge in [-0.05, 0) is 38.0 Å². The van der Waals surface area contributed by atoms with Gasteiger partial charge < -0.3 is 15.0 Å². The molecule has 2 N–H and O–H groups in total. The molecule has 2 amide bonds. The van der Waals surface area contributed by atoms with Crippen molar-refractivity contribution in [1.29, 1.82) is 0 Å². The zero-order valence-corrected chi connectivity index (χ0v) is 13.0. The monoisotopic (exact) mass is 316 g/mol. The van der Waals surface area contributed by atoms with E-state index >= 15 is 0 Å².